The van der Waals surface area contributed by atoms with Crippen molar-refractivity contribution in [2.75, 3.05) is 13.1 Å². The number of para-hydroxylation sites is 2. The smallest absolute Gasteiger partial charge is 0.107 e. The van der Waals surface area contributed by atoms with Gasteiger partial charge in [-0.15, -0.1) is 11.3 Å². The summed E-state index contributed by atoms with van der Waals surface area (Å²) in [6.45, 7) is 7.62. The van der Waals surface area contributed by atoms with E-state index in [-0.39, 0.29) is 0 Å². The van der Waals surface area contributed by atoms with Crippen LogP contribution in [-0.4, -0.2) is 27.5 Å². The molecule has 108 valence electrons. The van der Waals surface area contributed by atoms with E-state index in [2.05, 4.69) is 64.7 Å². The Hall–Kier alpha value is -1.65. The first kappa shape index (κ1) is 13.0. The third-order valence-corrected chi connectivity index (χ3v) is 5.24. The van der Waals surface area contributed by atoms with Crippen LogP contribution in [0.15, 0.2) is 36.4 Å². The Labute approximate surface area is 128 Å². The van der Waals surface area contributed by atoms with Crippen molar-refractivity contribution in [3.05, 3.63) is 52.0 Å². The van der Waals surface area contributed by atoms with Gasteiger partial charge in [-0.25, -0.2) is 4.98 Å². The molecule has 2 aromatic heterocycles. The number of benzene rings is 1. The molecule has 1 aliphatic heterocycles. The molecular formula is C17H19N3S. The van der Waals surface area contributed by atoms with E-state index < -0.39 is 0 Å². The van der Waals surface area contributed by atoms with E-state index in [9.17, 15) is 0 Å². The van der Waals surface area contributed by atoms with Gasteiger partial charge in [0.05, 0.1) is 17.1 Å². The standard InChI is InChI=1S/C17H19N3S/c1-12-7-8-15(21-12)11-19-9-14(10-19)20-13(2)18-16-5-3-4-6-17(16)20/h3-8,14H,9-11H2,1-2H3. The van der Waals surface area contributed by atoms with Gasteiger partial charge >= 0.3 is 0 Å². The first-order valence-corrected chi connectivity index (χ1v) is 8.23. The van der Waals surface area contributed by atoms with Gasteiger partial charge in [0, 0.05) is 29.4 Å². The molecule has 21 heavy (non-hydrogen) atoms. The van der Waals surface area contributed by atoms with Crippen molar-refractivity contribution in [1.29, 1.82) is 0 Å². The predicted molar refractivity (Wildman–Crippen MR) is 87.8 cm³/mol. The Morgan fingerprint density at radius 3 is 2.71 bits per heavy atom. The minimum absolute atomic E-state index is 0.568. The number of likely N-dealkylation sites (tertiary alicyclic amines) is 1. The fourth-order valence-corrected chi connectivity index (χ4v) is 4.18. The fraction of sp³-hybridized carbons (Fsp3) is 0.353. The zero-order chi connectivity index (χ0) is 14.4. The second kappa shape index (κ2) is 4.97. The van der Waals surface area contributed by atoms with Crippen molar-refractivity contribution < 1.29 is 0 Å². The molecule has 0 bridgehead atoms. The third kappa shape index (κ3) is 2.28. The van der Waals surface area contributed by atoms with Crippen molar-refractivity contribution in [1.82, 2.24) is 14.5 Å². The number of hydrogen-bond donors (Lipinski definition) is 0. The molecule has 0 atom stereocenters. The van der Waals surface area contributed by atoms with Crippen LogP contribution < -0.4 is 0 Å². The van der Waals surface area contributed by atoms with Gasteiger partial charge in [-0.3, -0.25) is 4.90 Å². The summed E-state index contributed by atoms with van der Waals surface area (Å²) in [7, 11) is 0. The topological polar surface area (TPSA) is 21.1 Å². The molecular weight excluding hydrogens is 278 g/mol. The van der Waals surface area contributed by atoms with Gasteiger partial charge < -0.3 is 4.57 Å². The Morgan fingerprint density at radius 1 is 1.14 bits per heavy atom. The Kier molecular flexibility index (Phi) is 3.08. The number of hydrogen-bond acceptors (Lipinski definition) is 3. The summed E-state index contributed by atoms with van der Waals surface area (Å²) in [6.07, 6.45) is 0. The highest BCUT2D eigenvalue weighted by Gasteiger charge is 2.30. The summed E-state index contributed by atoms with van der Waals surface area (Å²) in [5.41, 5.74) is 2.38. The average Bonchev–Trinajstić information content (AvgIpc) is 2.97. The molecule has 4 rings (SSSR count). The molecule has 0 saturated carbocycles. The van der Waals surface area contributed by atoms with Crippen LogP contribution >= 0.6 is 11.3 Å². The van der Waals surface area contributed by atoms with Crippen LogP contribution in [0.4, 0.5) is 0 Å². The van der Waals surface area contributed by atoms with Crippen LogP contribution in [0.25, 0.3) is 11.0 Å². The molecule has 0 amide bonds. The number of nitrogens with zero attached hydrogens (tertiary/aromatic N) is 3. The van der Waals surface area contributed by atoms with E-state index in [1.807, 2.05) is 11.3 Å². The largest absolute Gasteiger partial charge is 0.322 e. The number of thiophene rings is 1. The van der Waals surface area contributed by atoms with Crippen LogP contribution in [0, 0.1) is 13.8 Å². The summed E-state index contributed by atoms with van der Waals surface area (Å²) in [6, 6.07) is 13.5. The van der Waals surface area contributed by atoms with Crippen molar-refractivity contribution >= 4 is 22.4 Å². The van der Waals surface area contributed by atoms with Crippen molar-refractivity contribution in [3.8, 4) is 0 Å². The molecule has 1 aromatic carbocycles. The summed E-state index contributed by atoms with van der Waals surface area (Å²) in [5.74, 6) is 1.13. The third-order valence-electron chi connectivity index (χ3n) is 4.25. The first-order chi connectivity index (χ1) is 10.2. The van der Waals surface area contributed by atoms with Gasteiger partial charge in [0.1, 0.15) is 5.82 Å². The quantitative estimate of drug-likeness (QED) is 0.734. The van der Waals surface area contributed by atoms with Gasteiger partial charge in [-0.05, 0) is 38.1 Å². The predicted octanol–water partition coefficient (Wildman–Crippen LogP) is 3.77. The second-order valence-electron chi connectivity index (χ2n) is 5.88. The lowest BCUT2D eigenvalue weighted by Crippen LogP contribution is -2.47. The molecule has 0 spiro atoms. The van der Waals surface area contributed by atoms with Crippen LogP contribution in [0.1, 0.15) is 21.6 Å². The van der Waals surface area contributed by atoms with Crippen molar-refractivity contribution in [2.24, 2.45) is 0 Å². The number of imidazole rings is 1. The fourth-order valence-electron chi connectivity index (χ4n) is 3.25. The molecule has 3 nitrogen and oxygen atoms in total. The average molecular weight is 297 g/mol. The van der Waals surface area contributed by atoms with E-state index in [4.69, 9.17) is 0 Å². The van der Waals surface area contributed by atoms with Gasteiger partial charge in [-0.1, -0.05) is 12.1 Å². The monoisotopic (exact) mass is 297 g/mol. The summed E-state index contributed by atoms with van der Waals surface area (Å²) in [4.78, 5) is 10.1. The maximum absolute atomic E-state index is 4.67. The van der Waals surface area contributed by atoms with Gasteiger partial charge in [0.15, 0.2) is 0 Å². The van der Waals surface area contributed by atoms with Gasteiger partial charge in [-0.2, -0.15) is 0 Å². The molecule has 1 aliphatic rings. The first-order valence-electron chi connectivity index (χ1n) is 7.42. The maximum Gasteiger partial charge on any atom is 0.107 e. The van der Waals surface area contributed by atoms with E-state index in [1.165, 1.54) is 15.3 Å². The lowest BCUT2D eigenvalue weighted by Gasteiger charge is -2.40. The minimum Gasteiger partial charge on any atom is -0.322 e. The Balaban J connectivity index is 1.50. The van der Waals surface area contributed by atoms with Crippen LogP contribution in [0.5, 0.6) is 0 Å². The van der Waals surface area contributed by atoms with Crippen LogP contribution in [-0.2, 0) is 6.54 Å². The highest BCUT2D eigenvalue weighted by Crippen LogP contribution is 2.29. The number of aromatic nitrogens is 2. The molecule has 3 heterocycles. The summed E-state index contributed by atoms with van der Waals surface area (Å²) < 4.78 is 2.41. The molecule has 0 N–H and O–H groups in total. The van der Waals surface area contributed by atoms with E-state index in [1.54, 1.807) is 0 Å². The number of fused-ring (bicyclic) bond motifs is 1. The molecule has 4 heteroatoms. The van der Waals surface area contributed by atoms with E-state index in [0.717, 1.165) is 31.0 Å². The summed E-state index contributed by atoms with van der Waals surface area (Å²) in [5, 5.41) is 0. The lowest BCUT2D eigenvalue weighted by molar-refractivity contribution is 0.101. The molecule has 3 aromatic rings. The van der Waals surface area contributed by atoms with Crippen molar-refractivity contribution in [3.63, 3.8) is 0 Å². The van der Waals surface area contributed by atoms with Gasteiger partial charge in [0.2, 0.25) is 0 Å². The maximum atomic E-state index is 4.67. The molecule has 1 fully saturated rings. The highest BCUT2D eigenvalue weighted by molar-refractivity contribution is 7.11. The second-order valence-corrected chi connectivity index (χ2v) is 7.25. The molecule has 1 saturated heterocycles. The highest BCUT2D eigenvalue weighted by atomic mass is 32.1. The molecule has 0 unspecified atom stereocenters. The van der Waals surface area contributed by atoms with Crippen molar-refractivity contribution in [2.45, 2.75) is 26.4 Å². The number of aryl methyl sites for hydroxylation is 2. The SMILES string of the molecule is Cc1ccc(CN2CC(n3c(C)nc4ccccc43)C2)s1. The summed E-state index contributed by atoms with van der Waals surface area (Å²) >= 11 is 1.91. The lowest BCUT2D eigenvalue weighted by atomic mass is 10.1. The zero-order valence-electron chi connectivity index (χ0n) is 12.4. The Bertz CT molecular complexity index is 780. The van der Waals surface area contributed by atoms with Crippen LogP contribution in [0.2, 0.25) is 0 Å². The van der Waals surface area contributed by atoms with Gasteiger partial charge in [0.25, 0.3) is 0 Å². The van der Waals surface area contributed by atoms with E-state index >= 15 is 0 Å². The Morgan fingerprint density at radius 2 is 1.95 bits per heavy atom. The minimum atomic E-state index is 0.568. The zero-order valence-corrected chi connectivity index (χ0v) is 13.2. The normalized spacial score (nSPS) is 16.5. The number of rotatable bonds is 3. The molecule has 0 aliphatic carbocycles. The van der Waals surface area contributed by atoms with E-state index in [0.29, 0.717) is 6.04 Å². The molecule has 0 radical (unpaired) electrons. The van der Waals surface area contributed by atoms with Crippen LogP contribution in [0.3, 0.4) is 0 Å².